The molecular formula is C11H12N2O4. The van der Waals surface area contributed by atoms with Crippen molar-refractivity contribution in [1.82, 2.24) is 0 Å². The summed E-state index contributed by atoms with van der Waals surface area (Å²) in [4.78, 5) is 23.0. The van der Waals surface area contributed by atoms with Gasteiger partial charge in [0, 0.05) is 13.1 Å². The van der Waals surface area contributed by atoms with Crippen LogP contribution in [0.2, 0.25) is 0 Å². The largest absolute Gasteiger partial charge is 0.479 e. The minimum absolute atomic E-state index is 0.0671. The first-order valence-corrected chi connectivity index (χ1v) is 5.20. The van der Waals surface area contributed by atoms with Gasteiger partial charge >= 0.3 is 5.97 Å². The molecule has 1 aliphatic carbocycles. The van der Waals surface area contributed by atoms with Gasteiger partial charge < -0.3 is 10.0 Å². The zero-order valence-corrected chi connectivity index (χ0v) is 9.29. The Morgan fingerprint density at radius 3 is 2.53 bits per heavy atom. The fourth-order valence-corrected chi connectivity index (χ4v) is 1.94. The Morgan fingerprint density at radius 1 is 1.47 bits per heavy atom. The number of carboxylic acid groups (broad SMARTS) is 1. The van der Waals surface area contributed by atoms with Crippen molar-refractivity contribution in [3.05, 3.63) is 34.4 Å². The molecule has 0 aromatic heterocycles. The Balaban J connectivity index is 2.41. The lowest BCUT2D eigenvalue weighted by Gasteiger charge is -2.26. The standard InChI is InChI=1S/C11H12N2O4/c1-12(11(6-7-11)10(14)15)8-4-2-3-5-9(8)13(16)17/h2-5H,6-7H2,1H3,(H,14,15). The number of nitro benzene ring substituents is 1. The molecule has 6 heteroatoms. The van der Waals surface area contributed by atoms with E-state index in [-0.39, 0.29) is 5.69 Å². The number of benzene rings is 1. The summed E-state index contributed by atoms with van der Waals surface area (Å²) in [6.45, 7) is 0. The van der Waals surface area contributed by atoms with Crippen LogP contribution in [0, 0.1) is 10.1 Å². The van der Waals surface area contributed by atoms with Crippen LogP contribution in [0.3, 0.4) is 0 Å². The highest BCUT2D eigenvalue weighted by atomic mass is 16.6. The monoisotopic (exact) mass is 236 g/mol. The van der Waals surface area contributed by atoms with Crippen molar-refractivity contribution < 1.29 is 14.8 Å². The molecule has 0 spiro atoms. The van der Waals surface area contributed by atoms with Crippen LogP contribution in [0.15, 0.2) is 24.3 Å². The van der Waals surface area contributed by atoms with E-state index in [2.05, 4.69) is 0 Å². The molecule has 0 heterocycles. The number of likely N-dealkylation sites (N-methyl/N-ethyl adjacent to an activating group) is 1. The third-order valence-electron chi connectivity index (χ3n) is 3.20. The predicted molar refractivity (Wildman–Crippen MR) is 61.1 cm³/mol. The van der Waals surface area contributed by atoms with E-state index in [0.29, 0.717) is 18.5 Å². The van der Waals surface area contributed by atoms with Crippen LogP contribution in [-0.4, -0.2) is 28.6 Å². The summed E-state index contributed by atoms with van der Waals surface area (Å²) < 4.78 is 0. The van der Waals surface area contributed by atoms with Crippen LogP contribution in [0.5, 0.6) is 0 Å². The van der Waals surface area contributed by atoms with Crippen molar-refractivity contribution in [2.24, 2.45) is 0 Å². The summed E-state index contributed by atoms with van der Waals surface area (Å²) in [5.74, 6) is -0.932. The second-order valence-corrected chi connectivity index (χ2v) is 4.14. The number of carbonyl (C=O) groups is 1. The third-order valence-corrected chi connectivity index (χ3v) is 3.20. The minimum atomic E-state index is -0.966. The molecule has 0 bridgehead atoms. The molecule has 0 saturated heterocycles. The highest BCUT2D eigenvalue weighted by Crippen LogP contribution is 2.45. The second-order valence-electron chi connectivity index (χ2n) is 4.14. The van der Waals surface area contributed by atoms with Gasteiger partial charge in [0.05, 0.1) is 4.92 Å². The average Bonchev–Trinajstić information content (AvgIpc) is 3.09. The van der Waals surface area contributed by atoms with E-state index < -0.39 is 16.4 Å². The van der Waals surface area contributed by atoms with Gasteiger partial charge in [-0.3, -0.25) is 10.1 Å². The number of nitrogens with zero attached hydrogens (tertiary/aromatic N) is 2. The summed E-state index contributed by atoms with van der Waals surface area (Å²) in [7, 11) is 1.59. The molecule has 0 radical (unpaired) electrons. The summed E-state index contributed by atoms with van der Waals surface area (Å²) in [6.07, 6.45) is 1.04. The predicted octanol–water partition coefficient (Wildman–Crippen LogP) is 1.65. The zero-order valence-electron chi connectivity index (χ0n) is 9.29. The fourth-order valence-electron chi connectivity index (χ4n) is 1.94. The van der Waals surface area contributed by atoms with Crippen LogP contribution in [-0.2, 0) is 4.79 Å². The van der Waals surface area contributed by atoms with Crippen molar-refractivity contribution in [3.63, 3.8) is 0 Å². The van der Waals surface area contributed by atoms with E-state index in [0.717, 1.165) is 0 Å². The first kappa shape index (κ1) is 11.4. The quantitative estimate of drug-likeness (QED) is 0.634. The maximum absolute atomic E-state index is 11.2. The maximum Gasteiger partial charge on any atom is 0.329 e. The number of hydrogen-bond acceptors (Lipinski definition) is 4. The van der Waals surface area contributed by atoms with Gasteiger partial charge in [0.2, 0.25) is 0 Å². The van der Waals surface area contributed by atoms with E-state index >= 15 is 0 Å². The number of hydrogen-bond donors (Lipinski definition) is 1. The van der Waals surface area contributed by atoms with E-state index in [1.54, 1.807) is 25.2 Å². The third kappa shape index (κ3) is 1.71. The number of rotatable bonds is 4. The molecule has 1 N–H and O–H groups in total. The topological polar surface area (TPSA) is 83.7 Å². The molecule has 90 valence electrons. The lowest BCUT2D eigenvalue weighted by atomic mass is 10.2. The first-order chi connectivity index (χ1) is 7.99. The Hall–Kier alpha value is -2.11. The molecule has 6 nitrogen and oxygen atoms in total. The van der Waals surface area contributed by atoms with Crippen molar-refractivity contribution in [2.75, 3.05) is 11.9 Å². The smallest absolute Gasteiger partial charge is 0.329 e. The van der Waals surface area contributed by atoms with Gasteiger partial charge in [-0.05, 0) is 18.9 Å². The lowest BCUT2D eigenvalue weighted by Crippen LogP contribution is -2.41. The van der Waals surface area contributed by atoms with Gasteiger partial charge in [-0.25, -0.2) is 4.79 Å². The molecule has 2 rings (SSSR count). The second kappa shape index (κ2) is 3.73. The van der Waals surface area contributed by atoms with E-state index in [4.69, 9.17) is 5.11 Å². The molecular weight excluding hydrogens is 224 g/mol. The summed E-state index contributed by atoms with van der Waals surface area (Å²) in [6, 6.07) is 6.18. The molecule has 1 aromatic rings. The van der Waals surface area contributed by atoms with Crippen molar-refractivity contribution in [3.8, 4) is 0 Å². The Bertz CT molecular complexity index is 482. The molecule has 0 unspecified atom stereocenters. The van der Waals surface area contributed by atoms with Gasteiger partial charge in [-0.2, -0.15) is 0 Å². The van der Waals surface area contributed by atoms with Crippen molar-refractivity contribution in [1.29, 1.82) is 0 Å². The van der Waals surface area contributed by atoms with Gasteiger partial charge in [0.25, 0.3) is 5.69 Å². The van der Waals surface area contributed by atoms with E-state index in [1.807, 2.05) is 0 Å². The van der Waals surface area contributed by atoms with E-state index in [9.17, 15) is 14.9 Å². The first-order valence-electron chi connectivity index (χ1n) is 5.20. The highest BCUT2D eigenvalue weighted by Gasteiger charge is 2.55. The van der Waals surface area contributed by atoms with Crippen LogP contribution in [0.25, 0.3) is 0 Å². The Kier molecular flexibility index (Phi) is 2.49. The number of anilines is 1. The van der Waals surface area contributed by atoms with Crippen molar-refractivity contribution >= 4 is 17.3 Å². The van der Waals surface area contributed by atoms with Crippen LogP contribution < -0.4 is 4.90 Å². The molecule has 0 amide bonds. The number of nitro groups is 1. The molecule has 1 aromatic carbocycles. The van der Waals surface area contributed by atoms with E-state index in [1.165, 1.54) is 11.0 Å². The molecule has 1 saturated carbocycles. The van der Waals surface area contributed by atoms with Crippen molar-refractivity contribution in [2.45, 2.75) is 18.4 Å². The van der Waals surface area contributed by atoms with Gasteiger partial charge in [0.15, 0.2) is 0 Å². The van der Waals surface area contributed by atoms with Crippen LogP contribution in [0.1, 0.15) is 12.8 Å². The molecule has 0 aliphatic heterocycles. The zero-order chi connectivity index (χ0) is 12.6. The normalized spacial score (nSPS) is 16.3. The summed E-state index contributed by atoms with van der Waals surface area (Å²) in [5.41, 5.74) is -0.688. The minimum Gasteiger partial charge on any atom is -0.479 e. The number of carboxylic acids is 1. The number of para-hydroxylation sites is 2. The lowest BCUT2D eigenvalue weighted by molar-refractivity contribution is -0.384. The van der Waals surface area contributed by atoms with Gasteiger partial charge in [-0.15, -0.1) is 0 Å². The Morgan fingerprint density at radius 2 is 2.06 bits per heavy atom. The molecule has 1 fully saturated rings. The highest BCUT2D eigenvalue weighted by molar-refractivity contribution is 5.88. The summed E-state index contributed by atoms with van der Waals surface area (Å²) >= 11 is 0. The molecule has 17 heavy (non-hydrogen) atoms. The summed E-state index contributed by atoms with van der Waals surface area (Å²) in [5, 5.41) is 20.0. The molecule has 1 aliphatic rings. The van der Waals surface area contributed by atoms with Crippen LogP contribution in [0.4, 0.5) is 11.4 Å². The SMILES string of the molecule is CN(c1ccccc1[N+](=O)[O-])C1(C(=O)O)CC1. The molecule has 0 atom stereocenters. The average molecular weight is 236 g/mol. The maximum atomic E-state index is 11.2. The number of aliphatic carboxylic acids is 1. The van der Waals surface area contributed by atoms with Gasteiger partial charge in [-0.1, -0.05) is 12.1 Å². The van der Waals surface area contributed by atoms with Crippen LogP contribution >= 0.6 is 0 Å². The Labute approximate surface area is 97.6 Å². The van der Waals surface area contributed by atoms with Gasteiger partial charge in [0.1, 0.15) is 11.2 Å². The fraction of sp³-hybridized carbons (Fsp3) is 0.364.